The fourth-order valence-electron chi connectivity index (χ4n) is 3.45. The average Bonchev–Trinajstić information content (AvgIpc) is 3.33. The number of hydrogen-bond acceptors (Lipinski definition) is 5. The molecule has 2 aromatic rings. The lowest BCUT2D eigenvalue weighted by atomic mass is 10.2. The van der Waals surface area contributed by atoms with Crippen molar-refractivity contribution in [3.8, 4) is 5.75 Å². The second kappa shape index (κ2) is 9.78. The van der Waals surface area contributed by atoms with Gasteiger partial charge in [0.25, 0.3) is 5.91 Å². The smallest absolute Gasteiger partial charge is 0.257 e. The van der Waals surface area contributed by atoms with Crippen molar-refractivity contribution in [1.82, 2.24) is 20.1 Å². The maximum atomic E-state index is 11.9. The molecule has 1 heterocycles. The van der Waals surface area contributed by atoms with Crippen LogP contribution in [-0.4, -0.2) is 40.1 Å². The van der Waals surface area contributed by atoms with Crippen LogP contribution in [0.4, 0.5) is 0 Å². The van der Waals surface area contributed by atoms with Crippen molar-refractivity contribution in [3.05, 3.63) is 35.7 Å². The molecule has 6 nitrogen and oxygen atoms in total. The summed E-state index contributed by atoms with van der Waals surface area (Å²) in [5.74, 6) is 1.65. The Labute approximate surface area is 165 Å². The molecule has 1 aromatic heterocycles. The second-order valence-electron chi connectivity index (χ2n) is 6.97. The summed E-state index contributed by atoms with van der Waals surface area (Å²) in [6.45, 7) is 2.67. The van der Waals surface area contributed by atoms with Crippen molar-refractivity contribution >= 4 is 17.7 Å². The molecule has 1 N–H and O–H groups in total. The molecule has 3 rings (SSSR count). The van der Waals surface area contributed by atoms with Gasteiger partial charge in [0, 0.05) is 19.0 Å². The zero-order chi connectivity index (χ0) is 19.1. The van der Waals surface area contributed by atoms with Crippen LogP contribution in [0.25, 0.3) is 0 Å². The van der Waals surface area contributed by atoms with E-state index in [9.17, 15) is 4.79 Å². The average molecular weight is 389 g/mol. The third-order valence-corrected chi connectivity index (χ3v) is 5.54. The van der Waals surface area contributed by atoms with E-state index in [1.165, 1.54) is 31.2 Å². The molecule has 1 aromatic carbocycles. The maximum absolute atomic E-state index is 11.9. The first-order chi connectivity index (χ1) is 13.2. The topological polar surface area (TPSA) is 69.0 Å². The minimum Gasteiger partial charge on any atom is -0.484 e. The van der Waals surface area contributed by atoms with Gasteiger partial charge in [-0.1, -0.05) is 42.3 Å². The third-order valence-electron chi connectivity index (χ3n) is 4.90. The van der Waals surface area contributed by atoms with Crippen molar-refractivity contribution in [2.75, 3.05) is 19.4 Å². The van der Waals surface area contributed by atoms with Gasteiger partial charge in [-0.05, 0) is 44.6 Å². The number of nitrogens with zero attached hydrogens (tertiary/aromatic N) is 3. The fraction of sp³-hybridized carbons (Fsp3) is 0.550. The fourth-order valence-corrected chi connectivity index (χ4v) is 4.03. The van der Waals surface area contributed by atoms with Gasteiger partial charge in [-0.25, -0.2) is 0 Å². The van der Waals surface area contributed by atoms with Gasteiger partial charge in [0.05, 0.1) is 0 Å². The molecular formula is C20H28N4O2S. The summed E-state index contributed by atoms with van der Waals surface area (Å²) in [5, 5.41) is 12.6. The molecule has 1 saturated carbocycles. The molecule has 0 radical (unpaired) electrons. The Bertz CT molecular complexity index is 739. The summed E-state index contributed by atoms with van der Waals surface area (Å²) in [6.07, 6.45) is 8.71. The molecule has 0 atom stereocenters. The van der Waals surface area contributed by atoms with E-state index in [4.69, 9.17) is 4.74 Å². The number of nitrogens with one attached hydrogen (secondary N) is 1. The van der Waals surface area contributed by atoms with Crippen LogP contribution in [0.3, 0.4) is 0 Å². The van der Waals surface area contributed by atoms with Crippen LogP contribution in [0.5, 0.6) is 5.75 Å². The first-order valence-corrected chi connectivity index (χ1v) is 10.8. The normalized spacial score (nSPS) is 14.4. The number of rotatable bonds is 9. The highest BCUT2D eigenvalue weighted by atomic mass is 32.2. The second-order valence-corrected chi connectivity index (χ2v) is 7.74. The number of benzene rings is 1. The van der Waals surface area contributed by atoms with Gasteiger partial charge in [-0.2, -0.15) is 0 Å². The summed E-state index contributed by atoms with van der Waals surface area (Å²) >= 11 is 1.66. The molecule has 1 fully saturated rings. The summed E-state index contributed by atoms with van der Waals surface area (Å²) in [6, 6.07) is 8.23. The monoisotopic (exact) mass is 388 g/mol. The third kappa shape index (κ3) is 5.48. The van der Waals surface area contributed by atoms with Crippen molar-refractivity contribution in [2.45, 2.75) is 56.6 Å². The molecule has 1 aliphatic rings. The first-order valence-electron chi connectivity index (χ1n) is 9.61. The number of aryl methyl sites for hydroxylation is 2. The number of carbonyl (C=O) groups is 1. The molecule has 146 valence electrons. The number of hydrogen-bond donors (Lipinski definition) is 1. The van der Waals surface area contributed by atoms with E-state index in [1.54, 1.807) is 11.8 Å². The van der Waals surface area contributed by atoms with Crippen LogP contribution in [-0.2, 0) is 11.2 Å². The highest BCUT2D eigenvalue weighted by Gasteiger charge is 2.23. The molecule has 1 aliphatic carbocycles. The Morgan fingerprint density at radius 1 is 1.26 bits per heavy atom. The quantitative estimate of drug-likeness (QED) is 0.525. The molecule has 0 unspecified atom stereocenters. The van der Waals surface area contributed by atoms with Crippen LogP contribution >= 0.6 is 11.8 Å². The minimum atomic E-state index is -0.0994. The van der Waals surface area contributed by atoms with Crippen molar-refractivity contribution in [3.63, 3.8) is 0 Å². The number of ether oxygens (including phenoxy) is 1. The number of amides is 1. The van der Waals surface area contributed by atoms with Crippen LogP contribution in [0.2, 0.25) is 0 Å². The number of aromatic nitrogens is 3. The van der Waals surface area contributed by atoms with E-state index in [2.05, 4.69) is 20.1 Å². The van der Waals surface area contributed by atoms with Crippen molar-refractivity contribution in [1.29, 1.82) is 0 Å². The summed E-state index contributed by atoms with van der Waals surface area (Å²) in [5.41, 5.74) is 1.17. The Balaban J connectivity index is 1.41. The molecule has 0 spiro atoms. The first kappa shape index (κ1) is 19.7. The summed E-state index contributed by atoms with van der Waals surface area (Å²) < 4.78 is 7.82. The van der Waals surface area contributed by atoms with E-state index in [-0.39, 0.29) is 12.5 Å². The molecule has 7 heteroatoms. The highest BCUT2D eigenvalue weighted by Crippen LogP contribution is 2.33. The summed E-state index contributed by atoms with van der Waals surface area (Å²) in [7, 11) is 0. The minimum absolute atomic E-state index is 0.0396. The van der Waals surface area contributed by atoms with E-state index in [1.807, 2.05) is 37.4 Å². The Kier molecular flexibility index (Phi) is 7.15. The highest BCUT2D eigenvalue weighted by molar-refractivity contribution is 7.98. The Morgan fingerprint density at radius 3 is 2.70 bits per heavy atom. The SMILES string of the molecule is CSc1nnc(CCCNC(=O)COc2ccc(C)cc2)n1C1CCCC1. The lowest BCUT2D eigenvalue weighted by molar-refractivity contribution is -0.123. The molecule has 0 bridgehead atoms. The van der Waals surface area contributed by atoms with Crippen molar-refractivity contribution in [2.24, 2.45) is 0 Å². The molecule has 0 saturated heterocycles. The van der Waals surface area contributed by atoms with Crippen LogP contribution < -0.4 is 10.1 Å². The van der Waals surface area contributed by atoms with Gasteiger partial charge in [-0.3, -0.25) is 4.79 Å². The van der Waals surface area contributed by atoms with Crippen LogP contribution in [0, 0.1) is 6.92 Å². The van der Waals surface area contributed by atoms with Gasteiger partial charge >= 0.3 is 0 Å². The van der Waals surface area contributed by atoms with E-state index >= 15 is 0 Å². The zero-order valence-electron chi connectivity index (χ0n) is 16.1. The van der Waals surface area contributed by atoms with Gasteiger partial charge in [0.1, 0.15) is 11.6 Å². The van der Waals surface area contributed by atoms with Crippen molar-refractivity contribution < 1.29 is 9.53 Å². The predicted octanol–water partition coefficient (Wildman–Crippen LogP) is 3.55. The summed E-state index contributed by atoms with van der Waals surface area (Å²) in [4.78, 5) is 11.9. The lowest BCUT2D eigenvalue weighted by Gasteiger charge is -2.16. The van der Waals surface area contributed by atoms with Crippen LogP contribution in [0.1, 0.15) is 49.5 Å². The van der Waals surface area contributed by atoms with Gasteiger partial charge in [0.2, 0.25) is 0 Å². The van der Waals surface area contributed by atoms with E-state index in [0.717, 1.165) is 23.8 Å². The predicted molar refractivity (Wildman–Crippen MR) is 107 cm³/mol. The molecular weight excluding hydrogens is 360 g/mol. The van der Waals surface area contributed by atoms with Crippen LogP contribution in [0.15, 0.2) is 29.4 Å². The van der Waals surface area contributed by atoms with Gasteiger partial charge < -0.3 is 14.6 Å². The lowest BCUT2D eigenvalue weighted by Crippen LogP contribution is -2.30. The molecule has 1 amide bonds. The Morgan fingerprint density at radius 2 is 2.00 bits per heavy atom. The Hall–Kier alpha value is -2.02. The largest absolute Gasteiger partial charge is 0.484 e. The standard InChI is InChI=1S/C20H28N4O2S/c1-15-9-11-17(12-10-15)26-14-19(25)21-13-5-8-18-22-23-20(27-2)24(18)16-6-3-4-7-16/h9-12,16H,3-8,13-14H2,1-2H3,(H,21,25). The maximum Gasteiger partial charge on any atom is 0.257 e. The van der Waals surface area contributed by atoms with E-state index < -0.39 is 0 Å². The van der Waals surface area contributed by atoms with Gasteiger partial charge in [0.15, 0.2) is 11.8 Å². The van der Waals surface area contributed by atoms with E-state index in [0.29, 0.717) is 18.3 Å². The van der Waals surface area contributed by atoms with Gasteiger partial charge in [-0.15, -0.1) is 10.2 Å². The number of carbonyl (C=O) groups excluding carboxylic acids is 1. The zero-order valence-corrected chi connectivity index (χ0v) is 16.9. The molecule has 27 heavy (non-hydrogen) atoms. The number of thioether (sulfide) groups is 1. The molecule has 0 aliphatic heterocycles.